The number of methoxy groups -OCH3 is 1. The number of nitrogens with zero attached hydrogens (tertiary/aromatic N) is 1. The molecule has 0 bridgehead atoms. The van der Waals surface area contributed by atoms with Crippen LogP contribution in [0.1, 0.15) is 32.8 Å². The van der Waals surface area contributed by atoms with E-state index in [2.05, 4.69) is 15.6 Å². The molecule has 0 aliphatic carbocycles. The third-order valence-corrected chi connectivity index (χ3v) is 3.75. The fourth-order valence-corrected chi connectivity index (χ4v) is 2.30. The highest BCUT2D eigenvalue weighted by atomic mass is 35.5. The Labute approximate surface area is 151 Å². The summed E-state index contributed by atoms with van der Waals surface area (Å²) in [5, 5.41) is 6.06. The van der Waals surface area contributed by atoms with Crippen molar-refractivity contribution in [3.05, 3.63) is 58.4 Å². The van der Waals surface area contributed by atoms with Gasteiger partial charge in [0.25, 0.3) is 11.8 Å². The van der Waals surface area contributed by atoms with Crippen molar-refractivity contribution >= 4 is 29.1 Å². The van der Waals surface area contributed by atoms with Crippen LogP contribution in [0.15, 0.2) is 36.5 Å². The van der Waals surface area contributed by atoms with Gasteiger partial charge in [-0.1, -0.05) is 17.7 Å². The number of halogens is 1. The predicted octanol–water partition coefficient (Wildman–Crippen LogP) is 3.06. The Hall–Kier alpha value is -2.44. The Bertz CT molecular complexity index is 765. The predicted molar refractivity (Wildman–Crippen MR) is 97.2 cm³/mol. The van der Waals surface area contributed by atoms with Crippen molar-refractivity contribution in [3.8, 4) is 0 Å². The van der Waals surface area contributed by atoms with Crippen LogP contribution >= 0.6 is 11.6 Å². The lowest BCUT2D eigenvalue weighted by Crippen LogP contribution is -2.26. The third kappa shape index (κ3) is 5.55. The lowest BCUT2D eigenvalue weighted by Gasteiger charge is -2.10. The van der Waals surface area contributed by atoms with E-state index < -0.39 is 0 Å². The van der Waals surface area contributed by atoms with Crippen molar-refractivity contribution in [1.82, 2.24) is 10.3 Å². The Morgan fingerprint density at radius 2 is 2.00 bits per heavy atom. The average Bonchev–Trinajstić information content (AvgIpc) is 2.61. The van der Waals surface area contributed by atoms with E-state index in [4.69, 9.17) is 16.3 Å². The van der Waals surface area contributed by atoms with E-state index in [1.165, 1.54) is 12.3 Å². The lowest BCUT2D eigenvalue weighted by atomic mass is 10.1. The van der Waals surface area contributed by atoms with Crippen LogP contribution in [-0.2, 0) is 4.74 Å². The van der Waals surface area contributed by atoms with Gasteiger partial charge in [-0.25, -0.2) is 0 Å². The molecule has 0 spiro atoms. The Morgan fingerprint density at radius 3 is 2.76 bits per heavy atom. The van der Waals surface area contributed by atoms with Gasteiger partial charge in [0.1, 0.15) is 5.69 Å². The highest BCUT2D eigenvalue weighted by Gasteiger charge is 2.12. The van der Waals surface area contributed by atoms with Crippen molar-refractivity contribution in [1.29, 1.82) is 0 Å². The number of ether oxygens (including phenoxy) is 1. The highest BCUT2D eigenvalue weighted by Crippen LogP contribution is 2.20. The highest BCUT2D eigenvalue weighted by molar-refractivity contribution is 6.31. The molecule has 0 radical (unpaired) electrons. The Morgan fingerprint density at radius 1 is 1.20 bits per heavy atom. The quantitative estimate of drug-likeness (QED) is 0.743. The van der Waals surface area contributed by atoms with E-state index in [1.807, 2.05) is 13.0 Å². The standard InChI is InChI=1S/C18H20ClN3O3/c1-12-4-5-14(19)11-15(12)22-17(23)13-6-8-20-16(10-13)18(24)21-7-3-9-25-2/h4-6,8,10-11H,3,7,9H2,1-2H3,(H,21,24)(H,22,23). The molecule has 1 aromatic heterocycles. The molecule has 2 rings (SSSR count). The van der Waals surface area contributed by atoms with Crippen molar-refractivity contribution in [2.75, 3.05) is 25.6 Å². The maximum atomic E-state index is 12.4. The van der Waals surface area contributed by atoms with Crippen LogP contribution in [0, 0.1) is 6.92 Å². The molecular weight excluding hydrogens is 342 g/mol. The summed E-state index contributed by atoms with van der Waals surface area (Å²) >= 11 is 5.96. The summed E-state index contributed by atoms with van der Waals surface area (Å²) in [6, 6.07) is 8.27. The molecule has 7 heteroatoms. The summed E-state index contributed by atoms with van der Waals surface area (Å²) in [6.07, 6.45) is 2.14. The minimum Gasteiger partial charge on any atom is -0.385 e. The maximum Gasteiger partial charge on any atom is 0.269 e. The lowest BCUT2D eigenvalue weighted by molar-refractivity contribution is 0.0943. The van der Waals surface area contributed by atoms with Gasteiger partial charge in [0.05, 0.1) is 0 Å². The van der Waals surface area contributed by atoms with Crippen molar-refractivity contribution in [2.45, 2.75) is 13.3 Å². The van der Waals surface area contributed by atoms with Crippen molar-refractivity contribution in [2.24, 2.45) is 0 Å². The van der Waals surface area contributed by atoms with Crippen LogP contribution in [-0.4, -0.2) is 37.1 Å². The summed E-state index contributed by atoms with van der Waals surface area (Å²) in [4.78, 5) is 28.5. The number of carbonyl (C=O) groups excluding carboxylic acids is 2. The first-order chi connectivity index (χ1) is 12.0. The second kappa shape index (κ2) is 9.15. The van der Waals surface area contributed by atoms with Gasteiger partial charge >= 0.3 is 0 Å². The molecule has 2 amide bonds. The van der Waals surface area contributed by atoms with Crippen LogP contribution < -0.4 is 10.6 Å². The summed E-state index contributed by atoms with van der Waals surface area (Å²) in [6.45, 7) is 2.92. The zero-order chi connectivity index (χ0) is 18.2. The van der Waals surface area contributed by atoms with Crippen LogP contribution in [0.5, 0.6) is 0 Å². The fourth-order valence-electron chi connectivity index (χ4n) is 2.13. The molecule has 0 atom stereocenters. The first-order valence-electron chi connectivity index (χ1n) is 7.82. The van der Waals surface area contributed by atoms with Crippen LogP contribution in [0.4, 0.5) is 5.69 Å². The van der Waals surface area contributed by atoms with Crippen LogP contribution in [0.2, 0.25) is 5.02 Å². The summed E-state index contributed by atoms with van der Waals surface area (Å²) in [7, 11) is 1.60. The first-order valence-corrected chi connectivity index (χ1v) is 8.19. The summed E-state index contributed by atoms with van der Waals surface area (Å²) < 4.78 is 4.93. The second-order valence-corrected chi connectivity index (χ2v) is 5.88. The first kappa shape index (κ1) is 18.9. The van der Waals surface area contributed by atoms with Gasteiger partial charge in [0.15, 0.2) is 0 Å². The number of benzene rings is 1. The summed E-state index contributed by atoms with van der Waals surface area (Å²) in [5.74, 6) is -0.661. The van der Waals surface area contributed by atoms with Crippen LogP contribution in [0.25, 0.3) is 0 Å². The Kier molecular flexibility index (Phi) is 6.91. The average molecular weight is 362 g/mol. The zero-order valence-electron chi connectivity index (χ0n) is 14.1. The van der Waals surface area contributed by atoms with Crippen molar-refractivity contribution < 1.29 is 14.3 Å². The van der Waals surface area contributed by atoms with Gasteiger partial charge in [-0.2, -0.15) is 0 Å². The van der Waals surface area contributed by atoms with E-state index in [0.717, 1.165) is 5.56 Å². The molecule has 0 saturated carbocycles. The van der Waals surface area contributed by atoms with Gasteiger partial charge in [0, 0.05) is 42.7 Å². The molecule has 0 unspecified atom stereocenters. The third-order valence-electron chi connectivity index (χ3n) is 3.51. The minimum absolute atomic E-state index is 0.188. The molecule has 1 aromatic carbocycles. The number of aromatic nitrogens is 1. The normalized spacial score (nSPS) is 10.4. The molecule has 0 aliphatic heterocycles. The van der Waals surface area contributed by atoms with Crippen molar-refractivity contribution in [3.63, 3.8) is 0 Å². The molecular formula is C18H20ClN3O3. The molecule has 1 heterocycles. The van der Waals surface area contributed by atoms with Gasteiger partial charge in [-0.15, -0.1) is 0 Å². The number of amides is 2. The molecule has 25 heavy (non-hydrogen) atoms. The second-order valence-electron chi connectivity index (χ2n) is 5.45. The van der Waals surface area contributed by atoms with E-state index in [0.29, 0.717) is 35.8 Å². The Balaban J connectivity index is 2.05. The van der Waals surface area contributed by atoms with E-state index >= 15 is 0 Å². The molecule has 2 N–H and O–H groups in total. The minimum atomic E-state index is -0.332. The maximum absolute atomic E-state index is 12.4. The number of carbonyl (C=O) groups is 2. The molecule has 2 aromatic rings. The number of aryl methyl sites for hydroxylation is 1. The van der Waals surface area contributed by atoms with Gasteiger partial charge in [0.2, 0.25) is 0 Å². The molecule has 0 fully saturated rings. The van der Waals surface area contributed by atoms with Gasteiger partial charge in [-0.05, 0) is 43.2 Å². The van der Waals surface area contributed by atoms with Gasteiger partial charge in [-0.3, -0.25) is 14.6 Å². The molecule has 132 valence electrons. The number of anilines is 1. The topological polar surface area (TPSA) is 80.3 Å². The molecule has 6 nitrogen and oxygen atoms in total. The fraction of sp³-hybridized carbons (Fsp3) is 0.278. The number of hydrogen-bond acceptors (Lipinski definition) is 4. The molecule has 0 aliphatic rings. The van der Waals surface area contributed by atoms with Crippen LogP contribution in [0.3, 0.4) is 0 Å². The zero-order valence-corrected chi connectivity index (χ0v) is 14.9. The smallest absolute Gasteiger partial charge is 0.269 e. The number of rotatable bonds is 7. The van der Waals surface area contributed by atoms with Gasteiger partial charge < -0.3 is 15.4 Å². The molecule has 0 saturated heterocycles. The number of hydrogen-bond donors (Lipinski definition) is 2. The largest absolute Gasteiger partial charge is 0.385 e. The SMILES string of the molecule is COCCCNC(=O)c1cc(C(=O)Nc2cc(Cl)ccc2C)ccn1. The van der Waals surface area contributed by atoms with E-state index in [-0.39, 0.29) is 17.5 Å². The summed E-state index contributed by atoms with van der Waals surface area (Å²) in [5.41, 5.74) is 2.05. The monoisotopic (exact) mass is 361 g/mol. The van der Waals surface area contributed by atoms with E-state index in [9.17, 15) is 9.59 Å². The number of nitrogens with one attached hydrogen (secondary N) is 2. The number of pyridine rings is 1. The van der Waals surface area contributed by atoms with E-state index in [1.54, 1.807) is 25.3 Å².